The third-order valence-electron chi connectivity index (χ3n) is 2.47. The number of guanidine groups is 1. The first-order valence-electron chi connectivity index (χ1n) is 6.06. The fraction of sp³-hybridized carbons (Fsp3) is 0.462. The summed E-state index contributed by atoms with van der Waals surface area (Å²) in [6, 6.07) is 9.84. The average Bonchev–Trinajstić information content (AvgIpc) is 2.37. The smallest absolute Gasteiger partial charge is 0.356 e. The van der Waals surface area contributed by atoms with E-state index in [2.05, 4.69) is 15.6 Å². The standard InChI is InChI=1S/C13H18F3N3.HI/c1-17-12(19-10-8-13(14,15)16)18-9-7-11-5-3-2-4-6-11;/h2-6H,7-10H2,1H3,(H2,17,18,19);1H. The Morgan fingerprint density at radius 1 is 1.10 bits per heavy atom. The van der Waals surface area contributed by atoms with E-state index in [0.29, 0.717) is 12.5 Å². The van der Waals surface area contributed by atoms with Crippen molar-refractivity contribution in [2.24, 2.45) is 4.99 Å². The van der Waals surface area contributed by atoms with Crippen LogP contribution in [0, 0.1) is 0 Å². The van der Waals surface area contributed by atoms with E-state index in [4.69, 9.17) is 0 Å². The lowest BCUT2D eigenvalue weighted by molar-refractivity contribution is -0.132. The fourth-order valence-electron chi connectivity index (χ4n) is 1.51. The molecule has 0 spiro atoms. The number of nitrogens with one attached hydrogen (secondary N) is 2. The van der Waals surface area contributed by atoms with Gasteiger partial charge in [-0.25, -0.2) is 0 Å². The normalized spacial score (nSPS) is 11.7. The van der Waals surface area contributed by atoms with Gasteiger partial charge in [-0.2, -0.15) is 13.2 Å². The van der Waals surface area contributed by atoms with Crippen molar-refractivity contribution >= 4 is 29.9 Å². The molecule has 0 fully saturated rings. The second kappa shape index (κ2) is 9.84. The molecule has 114 valence electrons. The highest BCUT2D eigenvalue weighted by atomic mass is 127. The number of alkyl halides is 3. The Balaban J connectivity index is 0.00000361. The van der Waals surface area contributed by atoms with Crippen LogP contribution in [0.1, 0.15) is 12.0 Å². The van der Waals surface area contributed by atoms with Gasteiger partial charge in [0.2, 0.25) is 0 Å². The number of hydrogen-bond acceptors (Lipinski definition) is 1. The lowest BCUT2D eigenvalue weighted by atomic mass is 10.1. The fourth-order valence-corrected chi connectivity index (χ4v) is 1.51. The minimum absolute atomic E-state index is 0. The zero-order valence-corrected chi connectivity index (χ0v) is 13.5. The van der Waals surface area contributed by atoms with Crippen LogP contribution in [0.25, 0.3) is 0 Å². The number of hydrogen-bond donors (Lipinski definition) is 2. The van der Waals surface area contributed by atoms with Gasteiger partial charge in [-0.05, 0) is 12.0 Å². The Morgan fingerprint density at radius 2 is 1.70 bits per heavy atom. The molecule has 0 bridgehead atoms. The molecule has 1 aromatic rings. The summed E-state index contributed by atoms with van der Waals surface area (Å²) in [5.41, 5.74) is 1.17. The Hall–Kier alpha value is -0.990. The molecule has 0 aliphatic rings. The molecule has 7 heteroatoms. The molecule has 0 radical (unpaired) electrons. The van der Waals surface area contributed by atoms with Gasteiger partial charge in [0.15, 0.2) is 5.96 Å². The number of halogens is 4. The molecule has 0 aliphatic carbocycles. The Bertz CT molecular complexity index is 394. The first kappa shape index (κ1) is 19.0. The van der Waals surface area contributed by atoms with Crippen LogP contribution < -0.4 is 10.6 Å². The van der Waals surface area contributed by atoms with E-state index in [1.54, 1.807) is 0 Å². The highest BCUT2D eigenvalue weighted by Gasteiger charge is 2.26. The van der Waals surface area contributed by atoms with E-state index in [0.717, 1.165) is 6.42 Å². The number of aliphatic imine (C=N–C) groups is 1. The summed E-state index contributed by atoms with van der Waals surface area (Å²) in [5.74, 6) is 0.389. The van der Waals surface area contributed by atoms with E-state index in [9.17, 15) is 13.2 Å². The predicted molar refractivity (Wildman–Crippen MR) is 85.6 cm³/mol. The molecule has 0 heterocycles. The van der Waals surface area contributed by atoms with Crippen molar-refractivity contribution in [3.63, 3.8) is 0 Å². The maximum atomic E-state index is 12.0. The van der Waals surface area contributed by atoms with Gasteiger partial charge in [0.25, 0.3) is 0 Å². The van der Waals surface area contributed by atoms with Gasteiger partial charge in [0.05, 0.1) is 6.42 Å². The molecule has 2 N–H and O–H groups in total. The van der Waals surface area contributed by atoms with E-state index in [1.165, 1.54) is 12.6 Å². The van der Waals surface area contributed by atoms with Gasteiger partial charge >= 0.3 is 6.18 Å². The van der Waals surface area contributed by atoms with Gasteiger partial charge < -0.3 is 10.6 Å². The van der Waals surface area contributed by atoms with Crippen LogP contribution in [-0.2, 0) is 6.42 Å². The number of benzene rings is 1. The highest BCUT2D eigenvalue weighted by Crippen LogP contribution is 2.17. The van der Waals surface area contributed by atoms with Gasteiger partial charge in [0.1, 0.15) is 0 Å². The Labute approximate surface area is 134 Å². The van der Waals surface area contributed by atoms with Gasteiger partial charge in [0, 0.05) is 20.1 Å². The molecule has 0 unspecified atom stereocenters. The SMILES string of the molecule is CN=C(NCCc1ccccc1)NCCC(F)(F)F.I. The van der Waals surface area contributed by atoms with Crippen LogP contribution >= 0.6 is 24.0 Å². The molecule has 0 aromatic heterocycles. The minimum Gasteiger partial charge on any atom is -0.356 e. The van der Waals surface area contributed by atoms with E-state index in [1.807, 2.05) is 30.3 Å². The Kier molecular flexibility index (Phi) is 9.35. The third kappa shape index (κ3) is 9.00. The molecule has 1 rings (SSSR count). The second-order valence-electron chi connectivity index (χ2n) is 4.03. The van der Waals surface area contributed by atoms with E-state index >= 15 is 0 Å². The first-order chi connectivity index (χ1) is 9.01. The van der Waals surface area contributed by atoms with Crippen molar-refractivity contribution in [1.29, 1.82) is 0 Å². The Morgan fingerprint density at radius 3 is 2.25 bits per heavy atom. The largest absolute Gasteiger partial charge is 0.390 e. The molecule has 0 amide bonds. The summed E-state index contributed by atoms with van der Waals surface area (Å²) in [6.07, 6.45) is -4.22. The zero-order valence-electron chi connectivity index (χ0n) is 11.2. The predicted octanol–water partition coefficient (Wildman–Crippen LogP) is 2.96. The molecular formula is C13H19F3IN3. The van der Waals surface area contributed by atoms with Crippen molar-refractivity contribution in [3.05, 3.63) is 35.9 Å². The first-order valence-corrected chi connectivity index (χ1v) is 6.06. The van der Waals surface area contributed by atoms with Crippen molar-refractivity contribution in [2.75, 3.05) is 20.1 Å². The molecule has 0 saturated heterocycles. The maximum Gasteiger partial charge on any atom is 0.390 e. The molecule has 3 nitrogen and oxygen atoms in total. The topological polar surface area (TPSA) is 36.4 Å². The summed E-state index contributed by atoms with van der Waals surface area (Å²) < 4.78 is 35.9. The minimum atomic E-state index is -4.14. The zero-order chi connectivity index (χ0) is 14.1. The second-order valence-corrected chi connectivity index (χ2v) is 4.03. The molecule has 0 atom stereocenters. The molecule has 20 heavy (non-hydrogen) atoms. The monoisotopic (exact) mass is 401 g/mol. The molecular weight excluding hydrogens is 382 g/mol. The van der Waals surface area contributed by atoms with Crippen LogP contribution in [0.5, 0.6) is 0 Å². The third-order valence-corrected chi connectivity index (χ3v) is 2.47. The van der Waals surface area contributed by atoms with Crippen LogP contribution in [0.15, 0.2) is 35.3 Å². The molecule has 0 aliphatic heterocycles. The summed E-state index contributed by atoms with van der Waals surface area (Å²) in [4.78, 5) is 3.87. The van der Waals surface area contributed by atoms with Crippen molar-refractivity contribution in [1.82, 2.24) is 10.6 Å². The van der Waals surface area contributed by atoms with Crippen molar-refractivity contribution in [2.45, 2.75) is 19.0 Å². The molecule has 0 saturated carbocycles. The van der Waals surface area contributed by atoms with Crippen molar-refractivity contribution < 1.29 is 13.2 Å². The maximum absolute atomic E-state index is 12.0. The highest BCUT2D eigenvalue weighted by molar-refractivity contribution is 14.0. The van der Waals surface area contributed by atoms with Crippen LogP contribution in [-0.4, -0.2) is 32.3 Å². The summed E-state index contributed by atoms with van der Waals surface area (Å²) in [7, 11) is 1.53. The van der Waals surface area contributed by atoms with Gasteiger partial charge in [-0.1, -0.05) is 30.3 Å². The lowest BCUT2D eigenvalue weighted by Gasteiger charge is -2.12. The van der Waals surface area contributed by atoms with Gasteiger partial charge in [-0.3, -0.25) is 4.99 Å². The van der Waals surface area contributed by atoms with Crippen LogP contribution in [0.2, 0.25) is 0 Å². The average molecular weight is 401 g/mol. The molecule has 1 aromatic carbocycles. The van der Waals surface area contributed by atoms with Crippen LogP contribution in [0.3, 0.4) is 0 Å². The van der Waals surface area contributed by atoms with E-state index in [-0.39, 0.29) is 30.5 Å². The summed E-state index contributed by atoms with van der Waals surface area (Å²) >= 11 is 0. The van der Waals surface area contributed by atoms with Gasteiger partial charge in [-0.15, -0.1) is 24.0 Å². The lowest BCUT2D eigenvalue weighted by Crippen LogP contribution is -2.39. The summed E-state index contributed by atoms with van der Waals surface area (Å²) in [5, 5.41) is 5.61. The quantitative estimate of drug-likeness (QED) is 0.452. The van der Waals surface area contributed by atoms with Crippen molar-refractivity contribution in [3.8, 4) is 0 Å². The number of rotatable bonds is 5. The van der Waals surface area contributed by atoms with Crippen LogP contribution in [0.4, 0.5) is 13.2 Å². The number of nitrogens with zero attached hydrogens (tertiary/aromatic N) is 1. The van der Waals surface area contributed by atoms with E-state index < -0.39 is 12.6 Å². The summed E-state index contributed by atoms with van der Waals surface area (Å²) in [6.45, 7) is 0.449.